The molecule has 0 rings (SSSR count). The summed E-state index contributed by atoms with van der Waals surface area (Å²) < 4.78 is 33.5. The summed E-state index contributed by atoms with van der Waals surface area (Å²) in [6, 6.07) is 0.623. The largest absolute Gasteiger partial charge is 0.503 e. The van der Waals surface area contributed by atoms with Gasteiger partial charge in [0.1, 0.15) is 0 Å². The van der Waals surface area contributed by atoms with Crippen LogP contribution in [0.4, 0.5) is 0 Å². The van der Waals surface area contributed by atoms with Crippen molar-refractivity contribution >= 4 is 17.6 Å². The molecule has 0 aromatic heterocycles. The SMILES string of the molecule is CCCCC(C[Si](OC)(OC)OC)[Si](OC)(OC)OC. The summed E-state index contributed by atoms with van der Waals surface area (Å²) in [4.78, 5) is 0. The van der Waals surface area contributed by atoms with Gasteiger partial charge in [0, 0.05) is 54.2 Å². The lowest BCUT2D eigenvalue weighted by Crippen LogP contribution is -2.53. The van der Waals surface area contributed by atoms with E-state index in [4.69, 9.17) is 26.6 Å². The first-order chi connectivity index (χ1) is 9.53. The van der Waals surface area contributed by atoms with Crippen molar-refractivity contribution in [3.8, 4) is 0 Å². The Balaban J connectivity index is 5.22. The standard InChI is InChI=1S/C12H30O6Si2/c1-8-9-10-12(20(16-5,17-6)18-7)11-19(13-2,14-3)15-4/h12H,8-11H2,1-7H3. The van der Waals surface area contributed by atoms with Crippen LogP contribution in [0.1, 0.15) is 26.2 Å². The fourth-order valence-corrected chi connectivity index (χ4v) is 8.02. The second-order valence-electron chi connectivity index (χ2n) is 4.55. The summed E-state index contributed by atoms with van der Waals surface area (Å²) in [7, 11) is 4.31. The molecule has 0 spiro atoms. The van der Waals surface area contributed by atoms with Crippen LogP contribution in [0, 0.1) is 0 Å². The minimum atomic E-state index is -2.75. The molecule has 0 aromatic rings. The molecule has 0 aliphatic carbocycles. The van der Waals surface area contributed by atoms with Crippen molar-refractivity contribution in [2.75, 3.05) is 42.7 Å². The molecule has 0 aliphatic heterocycles. The Morgan fingerprint density at radius 1 is 0.750 bits per heavy atom. The highest BCUT2D eigenvalue weighted by atomic mass is 28.4. The smallest absolute Gasteiger partial charge is 0.377 e. The van der Waals surface area contributed by atoms with E-state index in [1.165, 1.54) is 0 Å². The Morgan fingerprint density at radius 3 is 1.50 bits per heavy atom. The lowest BCUT2D eigenvalue weighted by molar-refractivity contribution is 0.0958. The van der Waals surface area contributed by atoms with Crippen molar-refractivity contribution in [1.29, 1.82) is 0 Å². The highest BCUT2D eigenvalue weighted by Crippen LogP contribution is 2.37. The van der Waals surface area contributed by atoms with E-state index in [0.29, 0.717) is 6.04 Å². The molecule has 1 atom stereocenters. The van der Waals surface area contributed by atoms with Crippen molar-refractivity contribution < 1.29 is 26.6 Å². The molecule has 0 radical (unpaired) electrons. The lowest BCUT2D eigenvalue weighted by atomic mass is 10.2. The Labute approximate surface area is 125 Å². The molecule has 0 saturated heterocycles. The van der Waals surface area contributed by atoms with Gasteiger partial charge in [0.2, 0.25) is 0 Å². The van der Waals surface area contributed by atoms with E-state index in [1.807, 2.05) is 0 Å². The van der Waals surface area contributed by atoms with E-state index in [9.17, 15) is 0 Å². The molecule has 0 aromatic carbocycles. The summed E-state index contributed by atoms with van der Waals surface area (Å²) in [5.41, 5.74) is 0.0916. The molecule has 0 aliphatic rings. The minimum Gasteiger partial charge on any atom is -0.377 e. The van der Waals surface area contributed by atoms with Gasteiger partial charge < -0.3 is 26.6 Å². The maximum atomic E-state index is 5.62. The van der Waals surface area contributed by atoms with Crippen LogP contribution in [0.3, 0.4) is 0 Å². The van der Waals surface area contributed by atoms with Crippen molar-refractivity contribution in [2.45, 2.75) is 37.8 Å². The van der Waals surface area contributed by atoms with Gasteiger partial charge in [-0.1, -0.05) is 19.8 Å². The van der Waals surface area contributed by atoms with E-state index < -0.39 is 17.6 Å². The van der Waals surface area contributed by atoms with Gasteiger partial charge in [-0.15, -0.1) is 0 Å². The van der Waals surface area contributed by atoms with E-state index in [2.05, 4.69) is 6.92 Å². The van der Waals surface area contributed by atoms with Gasteiger partial charge in [-0.25, -0.2) is 0 Å². The third kappa shape index (κ3) is 4.88. The van der Waals surface area contributed by atoms with Gasteiger partial charge in [0.25, 0.3) is 0 Å². The molecule has 0 heterocycles. The predicted molar refractivity (Wildman–Crippen MR) is 81.6 cm³/mol. The van der Waals surface area contributed by atoms with E-state index in [-0.39, 0.29) is 5.54 Å². The van der Waals surface area contributed by atoms with Crippen molar-refractivity contribution in [3.63, 3.8) is 0 Å². The quantitative estimate of drug-likeness (QED) is 0.513. The zero-order valence-electron chi connectivity index (χ0n) is 13.9. The predicted octanol–water partition coefficient (Wildman–Crippen LogP) is 2.30. The number of hydrogen-bond donors (Lipinski definition) is 0. The molecule has 0 saturated carbocycles. The molecule has 1 unspecified atom stereocenters. The van der Waals surface area contributed by atoms with Gasteiger partial charge >= 0.3 is 17.6 Å². The number of rotatable bonds is 12. The van der Waals surface area contributed by atoms with Crippen molar-refractivity contribution in [3.05, 3.63) is 0 Å². The summed E-state index contributed by atoms with van der Waals surface area (Å²) in [6.07, 6.45) is 3.10. The lowest BCUT2D eigenvalue weighted by Gasteiger charge is -2.36. The average molecular weight is 327 g/mol. The van der Waals surface area contributed by atoms with E-state index >= 15 is 0 Å². The second-order valence-corrected chi connectivity index (χ2v) is 10.8. The van der Waals surface area contributed by atoms with Crippen LogP contribution in [0.2, 0.25) is 11.6 Å². The molecule has 6 nitrogen and oxygen atoms in total. The normalized spacial score (nSPS) is 14.6. The average Bonchev–Trinajstić information content (AvgIpc) is 2.51. The van der Waals surface area contributed by atoms with Gasteiger partial charge in [0.05, 0.1) is 0 Å². The van der Waals surface area contributed by atoms with Gasteiger partial charge in [0.15, 0.2) is 0 Å². The third-order valence-corrected chi connectivity index (χ3v) is 10.2. The molecule has 0 bridgehead atoms. The third-order valence-electron chi connectivity index (χ3n) is 3.69. The van der Waals surface area contributed by atoms with Gasteiger partial charge in [-0.05, 0) is 6.42 Å². The van der Waals surface area contributed by atoms with Crippen LogP contribution in [-0.2, 0) is 26.6 Å². The Bertz CT molecular complexity index is 230. The molecule has 20 heavy (non-hydrogen) atoms. The summed E-state index contributed by atoms with van der Waals surface area (Å²) >= 11 is 0. The first kappa shape index (κ1) is 20.2. The van der Waals surface area contributed by atoms with Crippen LogP contribution in [0.25, 0.3) is 0 Å². The first-order valence-electron chi connectivity index (χ1n) is 6.84. The highest BCUT2D eigenvalue weighted by Gasteiger charge is 2.53. The first-order valence-corrected chi connectivity index (χ1v) is 10.6. The molecular formula is C12H30O6Si2. The summed E-state index contributed by atoms with van der Waals surface area (Å²) in [6.45, 7) is 2.15. The molecule has 8 heteroatoms. The van der Waals surface area contributed by atoms with Crippen molar-refractivity contribution in [1.82, 2.24) is 0 Å². The molecular weight excluding hydrogens is 296 g/mol. The fourth-order valence-electron chi connectivity index (χ4n) is 2.41. The van der Waals surface area contributed by atoms with E-state index in [0.717, 1.165) is 19.3 Å². The van der Waals surface area contributed by atoms with Crippen LogP contribution < -0.4 is 0 Å². The number of hydrogen-bond acceptors (Lipinski definition) is 6. The molecule has 0 fully saturated rings. The Kier molecular flexibility index (Phi) is 10.1. The second kappa shape index (κ2) is 10.0. The molecule has 122 valence electrons. The monoisotopic (exact) mass is 326 g/mol. The minimum absolute atomic E-state index is 0.0916. The van der Waals surface area contributed by atoms with Crippen LogP contribution in [-0.4, -0.2) is 60.3 Å². The van der Waals surface area contributed by atoms with Crippen LogP contribution in [0.5, 0.6) is 0 Å². The summed E-state index contributed by atoms with van der Waals surface area (Å²) in [5.74, 6) is 0. The Morgan fingerprint density at radius 2 is 1.20 bits per heavy atom. The fraction of sp³-hybridized carbons (Fsp3) is 1.00. The van der Waals surface area contributed by atoms with Gasteiger partial charge in [-0.2, -0.15) is 0 Å². The zero-order chi connectivity index (χ0) is 15.6. The van der Waals surface area contributed by atoms with Gasteiger partial charge in [-0.3, -0.25) is 0 Å². The summed E-state index contributed by atoms with van der Waals surface area (Å²) in [5, 5.41) is 0. The van der Waals surface area contributed by atoms with Crippen molar-refractivity contribution in [2.24, 2.45) is 0 Å². The maximum Gasteiger partial charge on any atom is 0.503 e. The van der Waals surface area contributed by atoms with E-state index in [1.54, 1.807) is 42.7 Å². The van der Waals surface area contributed by atoms with Crippen LogP contribution >= 0.6 is 0 Å². The topological polar surface area (TPSA) is 55.4 Å². The molecule has 0 N–H and O–H groups in total. The van der Waals surface area contributed by atoms with Crippen LogP contribution in [0.15, 0.2) is 0 Å². The Hall–Kier alpha value is 0.194. The maximum absolute atomic E-state index is 5.62. The number of unbranched alkanes of at least 4 members (excludes halogenated alkanes) is 1. The zero-order valence-corrected chi connectivity index (χ0v) is 15.9. The molecule has 0 amide bonds. The highest BCUT2D eigenvalue weighted by molar-refractivity contribution is 6.67.